The van der Waals surface area contributed by atoms with E-state index in [4.69, 9.17) is 11.6 Å². The van der Waals surface area contributed by atoms with Crippen LogP contribution < -0.4 is 4.90 Å². The number of rotatable bonds is 3. The van der Waals surface area contributed by atoms with Gasteiger partial charge in [-0.1, -0.05) is 53.3 Å². The average Bonchev–Trinajstić information content (AvgIpc) is 3.14. The van der Waals surface area contributed by atoms with Crippen molar-refractivity contribution >= 4 is 50.0 Å². The van der Waals surface area contributed by atoms with Gasteiger partial charge in [0, 0.05) is 5.02 Å². The van der Waals surface area contributed by atoms with E-state index in [0.29, 0.717) is 15.7 Å². The first-order valence-electron chi connectivity index (χ1n) is 7.86. The fraction of sp³-hybridized carbons (Fsp3) is 0.105. The zero-order valence-electron chi connectivity index (χ0n) is 13.6. The lowest BCUT2D eigenvalue weighted by Crippen LogP contribution is -2.30. The molecule has 4 rings (SSSR count). The number of carbonyl (C=O) groups excluding carboxylic acids is 2. The van der Waals surface area contributed by atoms with Crippen molar-refractivity contribution < 1.29 is 14.7 Å². The van der Waals surface area contributed by atoms with E-state index in [1.165, 1.54) is 23.2 Å². The van der Waals surface area contributed by atoms with Crippen LogP contribution in [-0.2, 0) is 9.59 Å². The van der Waals surface area contributed by atoms with Gasteiger partial charge in [-0.05, 0) is 30.7 Å². The maximum atomic E-state index is 12.8. The molecule has 1 aliphatic heterocycles. The highest BCUT2D eigenvalue weighted by Crippen LogP contribution is 2.44. The molecular formula is C19H13ClN2O3S. The monoisotopic (exact) mass is 384 g/mol. The lowest BCUT2D eigenvalue weighted by molar-refractivity contribution is -0.117. The molecule has 3 aromatic rings. The third-order valence-electron chi connectivity index (χ3n) is 4.28. The second kappa shape index (κ2) is 6.23. The fourth-order valence-corrected chi connectivity index (χ4v) is 4.35. The quantitative estimate of drug-likeness (QED) is 0.724. The molecule has 0 saturated heterocycles. The Morgan fingerprint density at radius 3 is 2.58 bits per heavy atom. The fourth-order valence-electron chi connectivity index (χ4n) is 3.12. The molecule has 130 valence electrons. The number of carbonyl (C=O) groups is 2. The summed E-state index contributed by atoms with van der Waals surface area (Å²) >= 11 is 7.65. The van der Waals surface area contributed by atoms with Gasteiger partial charge >= 0.3 is 0 Å². The van der Waals surface area contributed by atoms with Crippen molar-refractivity contribution in [3.8, 4) is 0 Å². The molecule has 2 aromatic carbocycles. The minimum Gasteiger partial charge on any atom is -0.503 e. The maximum absolute atomic E-state index is 12.8. The van der Waals surface area contributed by atoms with E-state index < -0.39 is 17.7 Å². The van der Waals surface area contributed by atoms with E-state index >= 15 is 0 Å². The van der Waals surface area contributed by atoms with Crippen molar-refractivity contribution in [3.05, 3.63) is 70.4 Å². The number of aromatic nitrogens is 1. The second-order valence-electron chi connectivity index (χ2n) is 5.88. The Kier molecular flexibility index (Phi) is 4.01. The Labute approximate surface area is 158 Å². The standard InChI is InChI=1S/C19H13ClN2O3S/c1-10(23)15-16(11-6-2-3-7-12(11)20)22(18(25)17(15)24)19-21-13-8-4-5-9-14(13)26-19/h2-9,16,24H,1H3/t16-/m0/s1. The lowest BCUT2D eigenvalue weighted by Gasteiger charge is -2.24. The van der Waals surface area contributed by atoms with Crippen LogP contribution in [0.15, 0.2) is 59.9 Å². The number of Topliss-reactive ketones (excluding diaryl/α,β-unsaturated/α-hetero) is 1. The van der Waals surface area contributed by atoms with Gasteiger partial charge in [0.25, 0.3) is 5.91 Å². The van der Waals surface area contributed by atoms with E-state index in [-0.39, 0.29) is 11.4 Å². The van der Waals surface area contributed by atoms with Gasteiger partial charge in [0.2, 0.25) is 0 Å². The molecular weight excluding hydrogens is 372 g/mol. The number of benzene rings is 2. The zero-order valence-corrected chi connectivity index (χ0v) is 15.2. The summed E-state index contributed by atoms with van der Waals surface area (Å²) < 4.78 is 0.906. The summed E-state index contributed by atoms with van der Waals surface area (Å²) in [5.74, 6) is -1.59. The average molecular weight is 385 g/mol. The number of thiazole rings is 1. The lowest BCUT2D eigenvalue weighted by atomic mass is 9.97. The third-order valence-corrected chi connectivity index (χ3v) is 5.66. The van der Waals surface area contributed by atoms with Crippen LogP contribution in [0, 0.1) is 0 Å². The number of anilines is 1. The first-order chi connectivity index (χ1) is 12.5. The van der Waals surface area contributed by atoms with Gasteiger partial charge in [0.1, 0.15) is 0 Å². The molecule has 0 unspecified atom stereocenters. The number of para-hydroxylation sites is 1. The highest BCUT2D eigenvalue weighted by Gasteiger charge is 2.45. The number of amides is 1. The van der Waals surface area contributed by atoms with E-state index in [1.54, 1.807) is 24.3 Å². The summed E-state index contributed by atoms with van der Waals surface area (Å²) in [5, 5.41) is 11.2. The predicted octanol–water partition coefficient (Wildman–Crippen LogP) is 4.44. The number of hydrogen-bond donors (Lipinski definition) is 1. The molecule has 1 amide bonds. The van der Waals surface area contributed by atoms with Gasteiger partial charge in [0.15, 0.2) is 16.7 Å². The zero-order chi connectivity index (χ0) is 18.4. The molecule has 26 heavy (non-hydrogen) atoms. The highest BCUT2D eigenvalue weighted by atomic mass is 35.5. The van der Waals surface area contributed by atoms with Crippen molar-refractivity contribution in [2.45, 2.75) is 13.0 Å². The Morgan fingerprint density at radius 1 is 1.19 bits per heavy atom. The molecule has 0 saturated carbocycles. The van der Waals surface area contributed by atoms with Crippen molar-refractivity contribution in [2.24, 2.45) is 0 Å². The molecule has 7 heteroatoms. The van der Waals surface area contributed by atoms with Crippen molar-refractivity contribution in [1.82, 2.24) is 4.98 Å². The van der Waals surface area contributed by atoms with Crippen LogP contribution in [0.4, 0.5) is 5.13 Å². The molecule has 1 aliphatic rings. The minimum atomic E-state index is -0.811. The molecule has 0 aliphatic carbocycles. The number of aliphatic hydroxyl groups excluding tert-OH is 1. The Bertz CT molecular complexity index is 1060. The summed E-state index contributed by atoms with van der Waals surface area (Å²) in [6, 6.07) is 13.7. The number of halogens is 1. The minimum absolute atomic E-state index is 0.0300. The molecule has 1 N–H and O–H groups in total. The van der Waals surface area contributed by atoms with Gasteiger partial charge in [-0.15, -0.1) is 0 Å². The summed E-state index contributed by atoms with van der Waals surface area (Å²) in [5.41, 5.74) is 1.34. The maximum Gasteiger partial charge on any atom is 0.296 e. The molecule has 1 atom stereocenters. The normalized spacial score (nSPS) is 17.4. The van der Waals surface area contributed by atoms with Gasteiger partial charge in [-0.2, -0.15) is 0 Å². The molecule has 5 nitrogen and oxygen atoms in total. The van der Waals surface area contributed by atoms with E-state index in [0.717, 1.165) is 10.2 Å². The van der Waals surface area contributed by atoms with Gasteiger partial charge in [0.05, 0.1) is 21.8 Å². The topological polar surface area (TPSA) is 70.5 Å². The molecule has 2 heterocycles. The number of aliphatic hydroxyl groups is 1. The molecule has 0 spiro atoms. The predicted molar refractivity (Wildman–Crippen MR) is 102 cm³/mol. The number of fused-ring (bicyclic) bond motifs is 1. The smallest absolute Gasteiger partial charge is 0.296 e. The first kappa shape index (κ1) is 16.8. The van der Waals surface area contributed by atoms with Crippen LogP contribution in [0.2, 0.25) is 5.02 Å². The van der Waals surface area contributed by atoms with Crippen molar-refractivity contribution in [1.29, 1.82) is 0 Å². The number of hydrogen-bond acceptors (Lipinski definition) is 5. The van der Waals surface area contributed by atoms with Crippen LogP contribution in [0.1, 0.15) is 18.5 Å². The Hall–Kier alpha value is -2.70. The van der Waals surface area contributed by atoms with Crippen LogP contribution >= 0.6 is 22.9 Å². The van der Waals surface area contributed by atoms with Crippen molar-refractivity contribution in [2.75, 3.05) is 4.90 Å². The van der Waals surface area contributed by atoms with Crippen molar-refractivity contribution in [3.63, 3.8) is 0 Å². The van der Waals surface area contributed by atoms with Crippen LogP contribution in [0.25, 0.3) is 10.2 Å². The molecule has 0 radical (unpaired) electrons. The van der Waals surface area contributed by atoms with E-state index in [1.807, 2.05) is 24.3 Å². The third kappa shape index (κ3) is 2.50. The Balaban J connectivity index is 1.93. The summed E-state index contributed by atoms with van der Waals surface area (Å²) in [6.07, 6.45) is 0. The number of nitrogens with zero attached hydrogens (tertiary/aromatic N) is 2. The summed E-state index contributed by atoms with van der Waals surface area (Å²) in [4.78, 5) is 30.8. The van der Waals surface area contributed by atoms with Crippen LogP contribution in [0.5, 0.6) is 0 Å². The number of ketones is 1. The van der Waals surface area contributed by atoms with Crippen LogP contribution in [-0.4, -0.2) is 21.8 Å². The van der Waals surface area contributed by atoms with Gasteiger partial charge in [-0.25, -0.2) is 4.98 Å². The van der Waals surface area contributed by atoms with E-state index in [9.17, 15) is 14.7 Å². The summed E-state index contributed by atoms with van der Waals surface area (Å²) in [6.45, 7) is 1.32. The SMILES string of the molecule is CC(=O)C1=C(O)C(=O)N(c2nc3ccccc3s2)[C@H]1c1ccccc1Cl. The molecule has 0 fully saturated rings. The molecule has 0 bridgehead atoms. The Morgan fingerprint density at radius 2 is 1.88 bits per heavy atom. The second-order valence-corrected chi connectivity index (χ2v) is 7.30. The molecule has 1 aromatic heterocycles. The first-order valence-corrected chi connectivity index (χ1v) is 9.06. The highest BCUT2D eigenvalue weighted by molar-refractivity contribution is 7.22. The largest absolute Gasteiger partial charge is 0.503 e. The van der Waals surface area contributed by atoms with Crippen LogP contribution in [0.3, 0.4) is 0 Å². The van der Waals surface area contributed by atoms with E-state index in [2.05, 4.69) is 4.98 Å². The van der Waals surface area contributed by atoms with Gasteiger partial charge < -0.3 is 5.11 Å². The van der Waals surface area contributed by atoms with Gasteiger partial charge in [-0.3, -0.25) is 14.5 Å². The summed E-state index contributed by atoms with van der Waals surface area (Å²) in [7, 11) is 0.